The van der Waals surface area contributed by atoms with Crippen LogP contribution in [0.4, 0.5) is 0 Å². The lowest BCUT2D eigenvalue weighted by atomic mass is 10.0. The number of ether oxygens (including phenoxy) is 1. The highest BCUT2D eigenvalue weighted by atomic mass is 16.5. The first-order valence-corrected chi connectivity index (χ1v) is 14.7. The number of fused-ring (bicyclic) bond motifs is 1. The Labute approximate surface area is 251 Å². The van der Waals surface area contributed by atoms with Gasteiger partial charge in [-0.25, -0.2) is 0 Å². The largest absolute Gasteiger partial charge is 0.477 e. The second-order valence-electron chi connectivity index (χ2n) is 10.9. The van der Waals surface area contributed by atoms with Gasteiger partial charge in [0.1, 0.15) is 6.07 Å². The van der Waals surface area contributed by atoms with E-state index in [1.54, 1.807) is 6.08 Å². The maximum Gasteiger partial charge on any atom is 0.182 e. The molecule has 4 rings (SSSR count). The van der Waals surface area contributed by atoms with Crippen molar-refractivity contribution in [1.29, 1.82) is 5.26 Å². The number of dihydropyridines is 1. The number of nitrogens with one attached hydrogen (secondary N) is 2. The lowest BCUT2D eigenvalue weighted by Crippen LogP contribution is -2.45. The van der Waals surface area contributed by atoms with Crippen LogP contribution in [0.1, 0.15) is 38.8 Å². The molecule has 1 aliphatic carbocycles. The van der Waals surface area contributed by atoms with Gasteiger partial charge < -0.3 is 20.3 Å². The molecule has 0 spiro atoms. The van der Waals surface area contributed by atoms with Crippen LogP contribution < -0.4 is 10.6 Å². The Balaban J connectivity index is 1.46. The SMILES string of the molecule is C=CC(/C=C/c1ccc(CN2CCN(C(=C)OC(C)C)CC2)cc1)=C(NC1=C(C)C2=CC(C=C1)NC=C2)\C(C#N)=C/C. The molecule has 0 saturated carbocycles. The Morgan fingerprint density at radius 1 is 1.19 bits per heavy atom. The zero-order valence-electron chi connectivity index (χ0n) is 25.4. The zero-order chi connectivity index (χ0) is 30.1. The fourth-order valence-electron chi connectivity index (χ4n) is 5.15. The first kappa shape index (κ1) is 30.5. The van der Waals surface area contributed by atoms with Gasteiger partial charge in [-0.05, 0) is 80.5 Å². The highest BCUT2D eigenvalue weighted by Crippen LogP contribution is 2.25. The van der Waals surface area contributed by atoms with Crippen molar-refractivity contribution in [3.63, 3.8) is 0 Å². The third kappa shape index (κ3) is 7.84. The summed E-state index contributed by atoms with van der Waals surface area (Å²) >= 11 is 0. The molecular weight excluding hydrogens is 518 g/mol. The Kier molecular flexibility index (Phi) is 10.5. The maximum atomic E-state index is 9.93. The summed E-state index contributed by atoms with van der Waals surface area (Å²) < 4.78 is 5.77. The number of nitrogens with zero attached hydrogens (tertiary/aromatic N) is 3. The van der Waals surface area contributed by atoms with Crippen LogP contribution >= 0.6 is 0 Å². The van der Waals surface area contributed by atoms with Crippen molar-refractivity contribution in [1.82, 2.24) is 20.4 Å². The van der Waals surface area contributed by atoms with E-state index < -0.39 is 0 Å². The topological polar surface area (TPSA) is 63.6 Å². The van der Waals surface area contributed by atoms with E-state index >= 15 is 0 Å². The van der Waals surface area contributed by atoms with Crippen LogP contribution in [0.3, 0.4) is 0 Å². The van der Waals surface area contributed by atoms with Gasteiger partial charge in [0.05, 0.1) is 23.4 Å². The van der Waals surface area contributed by atoms with Crippen molar-refractivity contribution in [2.45, 2.75) is 46.4 Å². The van der Waals surface area contributed by atoms with Gasteiger partial charge >= 0.3 is 0 Å². The quantitative estimate of drug-likeness (QED) is 0.183. The lowest BCUT2D eigenvalue weighted by Gasteiger charge is -2.36. The predicted octanol–water partition coefficient (Wildman–Crippen LogP) is 6.47. The van der Waals surface area contributed by atoms with Gasteiger partial charge in [0.15, 0.2) is 5.88 Å². The standard InChI is InChI=1S/C36H43N5O/c1-7-31(36(32(8-2)24-37)39-35-16-15-34-23-33(27(35)5)17-18-38-34)14-13-29-9-11-30(12-10-29)25-40-19-21-41(22-20-40)28(6)42-26(3)4/h7-18,23,26,34,38-39H,1,6,19-22,25H2,2-5H3/b14-13+,32-8-,36-31-. The maximum absolute atomic E-state index is 9.93. The second kappa shape index (κ2) is 14.4. The molecular formula is C36H43N5O. The summed E-state index contributed by atoms with van der Waals surface area (Å²) in [4.78, 5) is 4.69. The number of piperazine rings is 1. The Morgan fingerprint density at radius 3 is 2.57 bits per heavy atom. The van der Waals surface area contributed by atoms with Crippen molar-refractivity contribution in [2.75, 3.05) is 26.2 Å². The van der Waals surface area contributed by atoms with Crippen molar-refractivity contribution in [3.8, 4) is 6.07 Å². The van der Waals surface area contributed by atoms with E-state index in [9.17, 15) is 5.26 Å². The molecule has 2 aliphatic heterocycles. The predicted molar refractivity (Wildman–Crippen MR) is 173 cm³/mol. The highest BCUT2D eigenvalue weighted by Gasteiger charge is 2.20. The third-order valence-electron chi connectivity index (χ3n) is 7.60. The minimum Gasteiger partial charge on any atom is -0.477 e. The molecule has 2 bridgehead atoms. The molecule has 3 aliphatic rings. The number of hydrogen-bond acceptors (Lipinski definition) is 6. The summed E-state index contributed by atoms with van der Waals surface area (Å²) in [5.74, 6) is 0.773. The van der Waals surface area contributed by atoms with E-state index in [0.29, 0.717) is 5.57 Å². The smallest absolute Gasteiger partial charge is 0.182 e. The molecule has 0 radical (unpaired) electrons. The summed E-state index contributed by atoms with van der Waals surface area (Å²) in [5, 5.41) is 16.8. The van der Waals surface area contributed by atoms with E-state index in [2.05, 4.69) is 101 Å². The molecule has 6 heteroatoms. The fourth-order valence-corrected chi connectivity index (χ4v) is 5.15. The summed E-state index contributed by atoms with van der Waals surface area (Å²) in [5.41, 5.74) is 7.75. The van der Waals surface area contributed by atoms with Crippen LogP contribution in [-0.4, -0.2) is 48.1 Å². The van der Waals surface area contributed by atoms with Crippen LogP contribution in [0.25, 0.3) is 6.08 Å². The first-order valence-electron chi connectivity index (χ1n) is 14.7. The molecule has 1 unspecified atom stereocenters. The van der Waals surface area contributed by atoms with Crippen LogP contribution in [0.2, 0.25) is 0 Å². The number of rotatable bonds is 11. The summed E-state index contributed by atoms with van der Waals surface area (Å²) in [6.45, 7) is 20.9. The summed E-state index contributed by atoms with van der Waals surface area (Å²) in [6.07, 6.45) is 18.3. The monoisotopic (exact) mass is 561 g/mol. The van der Waals surface area contributed by atoms with Gasteiger partial charge in [-0.2, -0.15) is 5.26 Å². The van der Waals surface area contributed by atoms with Crippen molar-refractivity contribution < 1.29 is 4.74 Å². The Morgan fingerprint density at radius 2 is 1.93 bits per heavy atom. The van der Waals surface area contributed by atoms with Gasteiger partial charge in [0.2, 0.25) is 0 Å². The molecule has 1 fully saturated rings. The fraction of sp³-hybridized carbons (Fsp3) is 0.306. The van der Waals surface area contributed by atoms with E-state index in [4.69, 9.17) is 4.74 Å². The minimum absolute atomic E-state index is 0.147. The van der Waals surface area contributed by atoms with Gasteiger partial charge in [-0.15, -0.1) is 0 Å². The molecule has 0 aromatic heterocycles. The molecule has 2 heterocycles. The normalized spacial score (nSPS) is 19.6. The van der Waals surface area contributed by atoms with E-state index in [1.165, 1.54) is 5.56 Å². The zero-order valence-corrected chi connectivity index (χ0v) is 25.4. The summed E-state index contributed by atoms with van der Waals surface area (Å²) in [7, 11) is 0. The Bertz CT molecular complexity index is 1420. The molecule has 1 aromatic rings. The number of nitriles is 1. The first-order chi connectivity index (χ1) is 20.3. The number of allylic oxidation sites excluding steroid dienone is 9. The minimum atomic E-state index is 0.147. The average Bonchev–Trinajstić information content (AvgIpc) is 3.09. The molecule has 0 amide bonds. The van der Waals surface area contributed by atoms with Crippen LogP contribution in [0, 0.1) is 11.3 Å². The van der Waals surface area contributed by atoms with Crippen LogP contribution in [0.5, 0.6) is 0 Å². The highest BCUT2D eigenvalue weighted by molar-refractivity contribution is 5.60. The van der Waals surface area contributed by atoms with Crippen molar-refractivity contribution in [2.24, 2.45) is 0 Å². The van der Waals surface area contributed by atoms with Crippen molar-refractivity contribution >= 4 is 6.08 Å². The van der Waals surface area contributed by atoms with E-state index in [1.807, 2.05) is 39.1 Å². The molecule has 1 aromatic carbocycles. The van der Waals surface area contributed by atoms with Crippen molar-refractivity contribution in [3.05, 3.63) is 137 Å². The van der Waals surface area contributed by atoms with Gasteiger partial charge in [-0.3, -0.25) is 4.90 Å². The van der Waals surface area contributed by atoms with Gasteiger partial charge in [0.25, 0.3) is 0 Å². The lowest BCUT2D eigenvalue weighted by molar-refractivity contribution is 0.0432. The molecule has 42 heavy (non-hydrogen) atoms. The van der Waals surface area contributed by atoms with Crippen LogP contribution in [0.15, 0.2) is 126 Å². The third-order valence-corrected chi connectivity index (χ3v) is 7.60. The number of benzene rings is 1. The average molecular weight is 562 g/mol. The molecule has 1 atom stereocenters. The summed E-state index contributed by atoms with van der Waals surface area (Å²) in [6, 6.07) is 11.2. The van der Waals surface area contributed by atoms with Gasteiger partial charge in [0, 0.05) is 38.4 Å². The molecule has 1 saturated heterocycles. The molecule has 218 valence electrons. The van der Waals surface area contributed by atoms with Gasteiger partial charge in [-0.1, -0.05) is 67.3 Å². The van der Waals surface area contributed by atoms with E-state index in [-0.39, 0.29) is 12.1 Å². The Hall–Kier alpha value is -4.47. The van der Waals surface area contributed by atoms with Crippen LogP contribution in [-0.2, 0) is 11.3 Å². The molecule has 2 N–H and O–H groups in total. The van der Waals surface area contributed by atoms with E-state index in [0.717, 1.165) is 72.3 Å². The second-order valence-corrected chi connectivity index (χ2v) is 10.9. The number of hydrogen-bond donors (Lipinski definition) is 2. The molecule has 6 nitrogen and oxygen atoms in total.